The van der Waals surface area contributed by atoms with Crippen LogP contribution in [0.4, 0.5) is 17.6 Å². The average molecular weight is 307 g/mol. The third-order valence-electron chi connectivity index (χ3n) is 1.56. The Kier molecular flexibility index (Phi) is 4.79. The number of rotatable bonds is 5. The fourth-order valence-corrected chi connectivity index (χ4v) is 0.786. The first-order chi connectivity index (χ1) is 6.88. The summed E-state index contributed by atoms with van der Waals surface area (Å²) in [6.45, 7) is 7.09. The van der Waals surface area contributed by atoms with E-state index < -0.39 is 35.2 Å². The summed E-state index contributed by atoms with van der Waals surface area (Å²) in [6, 6.07) is 0. The highest BCUT2D eigenvalue weighted by molar-refractivity contribution is 9.10. The molecule has 0 aliphatic carbocycles. The molecule has 0 unspecified atom stereocenters. The molecule has 0 fully saturated rings. The maximum Gasteiger partial charge on any atom is 0.363 e. The second-order valence-electron chi connectivity index (χ2n) is 3.65. The summed E-state index contributed by atoms with van der Waals surface area (Å²) in [7, 11) is 0. The normalized spacial score (nSPS) is 13.8. The van der Waals surface area contributed by atoms with Gasteiger partial charge in [-0.15, -0.1) is 0 Å². The van der Waals surface area contributed by atoms with E-state index in [4.69, 9.17) is 0 Å². The third kappa shape index (κ3) is 4.67. The monoisotopic (exact) mass is 306 g/mol. The van der Waals surface area contributed by atoms with Gasteiger partial charge in [-0.3, -0.25) is 4.79 Å². The largest absolute Gasteiger partial charge is 0.465 e. The van der Waals surface area contributed by atoms with E-state index >= 15 is 0 Å². The molecule has 0 spiro atoms. The first-order valence-electron chi connectivity index (χ1n) is 4.20. The van der Waals surface area contributed by atoms with Crippen molar-refractivity contribution >= 4 is 21.9 Å². The fourth-order valence-electron chi connectivity index (χ4n) is 0.588. The molecule has 2 radical (unpaired) electrons. The molecular formula is C9H11BrF4O2. The molecular weight excluding hydrogens is 296 g/mol. The van der Waals surface area contributed by atoms with Crippen molar-refractivity contribution in [3.05, 3.63) is 13.8 Å². The molecule has 0 aromatic rings. The highest BCUT2D eigenvalue weighted by atomic mass is 79.9. The van der Waals surface area contributed by atoms with E-state index in [1.54, 1.807) is 15.9 Å². The van der Waals surface area contributed by atoms with Gasteiger partial charge in [-0.1, -0.05) is 0 Å². The number of halogens is 5. The van der Waals surface area contributed by atoms with Gasteiger partial charge in [0.25, 0.3) is 0 Å². The molecule has 7 heteroatoms. The number of alkyl halides is 5. The quantitative estimate of drug-likeness (QED) is 0.443. The zero-order chi connectivity index (χ0) is 13.2. The second kappa shape index (κ2) is 4.89. The Morgan fingerprint density at radius 2 is 1.75 bits per heavy atom. The number of esters is 1. The molecule has 0 saturated carbocycles. The minimum atomic E-state index is -4.33. The number of carbonyl (C=O) groups excluding carboxylic acids is 1. The predicted molar refractivity (Wildman–Crippen MR) is 53.2 cm³/mol. The number of hydrogen-bond acceptors (Lipinski definition) is 2. The molecule has 0 atom stereocenters. The lowest BCUT2D eigenvalue weighted by Gasteiger charge is -2.22. The standard InChI is InChI=1S/C9H11BrF4O2/c1-7(2,3)6(15)16-5-4-8(11,12)9(10,13)14/h1-2,4-5H2,3H3. The van der Waals surface area contributed by atoms with Crippen molar-refractivity contribution in [3.63, 3.8) is 0 Å². The molecule has 0 aromatic heterocycles. The molecule has 0 aliphatic rings. The molecule has 0 aliphatic heterocycles. The first-order valence-corrected chi connectivity index (χ1v) is 5.00. The summed E-state index contributed by atoms with van der Waals surface area (Å²) in [5, 5.41) is 0. The lowest BCUT2D eigenvalue weighted by molar-refractivity contribution is -0.168. The molecule has 0 aromatic carbocycles. The van der Waals surface area contributed by atoms with Gasteiger partial charge in [0.15, 0.2) is 0 Å². The van der Waals surface area contributed by atoms with E-state index in [2.05, 4.69) is 18.6 Å². The summed E-state index contributed by atoms with van der Waals surface area (Å²) in [5.74, 6) is -5.22. The molecule has 0 saturated heterocycles. The van der Waals surface area contributed by atoms with E-state index in [-0.39, 0.29) is 0 Å². The van der Waals surface area contributed by atoms with Crippen molar-refractivity contribution in [2.24, 2.45) is 5.41 Å². The van der Waals surface area contributed by atoms with Crippen molar-refractivity contribution < 1.29 is 27.1 Å². The molecule has 2 nitrogen and oxygen atoms in total. The van der Waals surface area contributed by atoms with Crippen LogP contribution in [0.25, 0.3) is 0 Å². The SMILES string of the molecule is [CH2]C([CH2])(C)C(=O)OCCC(F)(F)C(F)(F)Br. The van der Waals surface area contributed by atoms with Crippen molar-refractivity contribution in [2.45, 2.75) is 24.1 Å². The average Bonchev–Trinajstić information content (AvgIpc) is 1.99. The van der Waals surface area contributed by atoms with E-state index in [9.17, 15) is 22.4 Å². The topological polar surface area (TPSA) is 26.3 Å². The van der Waals surface area contributed by atoms with Crippen molar-refractivity contribution in [1.29, 1.82) is 0 Å². The van der Waals surface area contributed by atoms with Crippen LogP contribution in [0.5, 0.6) is 0 Å². The van der Waals surface area contributed by atoms with Gasteiger partial charge in [0.1, 0.15) is 0 Å². The minimum Gasteiger partial charge on any atom is -0.465 e. The van der Waals surface area contributed by atoms with Crippen LogP contribution in [0.3, 0.4) is 0 Å². The molecule has 0 N–H and O–H groups in total. The Morgan fingerprint density at radius 3 is 2.06 bits per heavy atom. The van der Waals surface area contributed by atoms with E-state index in [1.165, 1.54) is 6.92 Å². The highest BCUT2D eigenvalue weighted by Gasteiger charge is 2.53. The molecule has 0 rings (SSSR count). The van der Waals surface area contributed by atoms with E-state index in [0.717, 1.165) is 0 Å². The van der Waals surface area contributed by atoms with Crippen molar-refractivity contribution in [1.82, 2.24) is 0 Å². The Balaban J connectivity index is 4.15. The van der Waals surface area contributed by atoms with Gasteiger partial charge < -0.3 is 4.74 Å². The van der Waals surface area contributed by atoms with Gasteiger partial charge in [0.05, 0.1) is 18.4 Å². The predicted octanol–water partition coefficient (Wildman–Crippen LogP) is 3.22. The Hall–Kier alpha value is -0.330. The number of hydrogen-bond donors (Lipinski definition) is 0. The third-order valence-corrected chi connectivity index (χ3v) is 2.14. The van der Waals surface area contributed by atoms with Gasteiger partial charge in [-0.25, -0.2) is 0 Å². The van der Waals surface area contributed by atoms with Gasteiger partial charge >= 0.3 is 16.7 Å². The Labute approximate surface area is 99.5 Å². The van der Waals surface area contributed by atoms with Crippen molar-refractivity contribution in [3.8, 4) is 0 Å². The smallest absolute Gasteiger partial charge is 0.363 e. The molecule has 0 amide bonds. The Morgan fingerprint density at radius 1 is 1.31 bits per heavy atom. The van der Waals surface area contributed by atoms with Crippen LogP contribution in [0.15, 0.2) is 0 Å². The lowest BCUT2D eigenvalue weighted by atomic mass is 9.97. The fraction of sp³-hybridized carbons (Fsp3) is 0.667. The van der Waals surface area contributed by atoms with E-state index in [0.29, 0.717) is 0 Å². The van der Waals surface area contributed by atoms with Crippen LogP contribution in [0.2, 0.25) is 0 Å². The number of carbonyl (C=O) groups is 1. The summed E-state index contributed by atoms with van der Waals surface area (Å²) in [5.41, 5.74) is -1.34. The zero-order valence-electron chi connectivity index (χ0n) is 8.53. The van der Waals surface area contributed by atoms with Crippen LogP contribution in [0.1, 0.15) is 13.3 Å². The minimum absolute atomic E-state index is 0.826. The summed E-state index contributed by atoms with van der Waals surface area (Å²) in [4.78, 5) is 6.68. The first kappa shape index (κ1) is 15.7. The van der Waals surface area contributed by atoms with Gasteiger partial charge in [0.2, 0.25) is 0 Å². The van der Waals surface area contributed by atoms with Crippen LogP contribution in [0, 0.1) is 19.3 Å². The van der Waals surface area contributed by atoms with Gasteiger partial charge in [0, 0.05) is 0 Å². The highest BCUT2D eigenvalue weighted by Crippen LogP contribution is 2.41. The van der Waals surface area contributed by atoms with Crippen LogP contribution in [-0.2, 0) is 9.53 Å². The van der Waals surface area contributed by atoms with Crippen molar-refractivity contribution in [2.75, 3.05) is 6.61 Å². The lowest BCUT2D eigenvalue weighted by Crippen LogP contribution is -2.36. The molecule has 16 heavy (non-hydrogen) atoms. The zero-order valence-corrected chi connectivity index (χ0v) is 10.1. The van der Waals surface area contributed by atoms with Gasteiger partial charge in [-0.05, 0) is 36.7 Å². The Bertz CT molecular complexity index is 255. The van der Waals surface area contributed by atoms with Crippen LogP contribution in [-0.4, -0.2) is 23.3 Å². The summed E-state index contributed by atoms with van der Waals surface area (Å²) >= 11 is 1.56. The summed E-state index contributed by atoms with van der Waals surface area (Å²) in [6.07, 6.45) is -1.28. The van der Waals surface area contributed by atoms with Gasteiger partial charge in [-0.2, -0.15) is 17.6 Å². The molecule has 0 heterocycles. The molecule has 94 valence electrons. The number of ether oxygens (including phenoxy) is 1. The maximum absolute atomic E-state index is 12.7. The van der Waals surface area contributed by atoms with Crippen LogP contribution < -0.4 is 0 Å². The second-order valence-corrected chi connectivity index (χ2v) is 4.64. The molecule has 0 bridgehead atoms. The van der Waals surface area contributed by atoms with E-state index in [1.807, 2.05) is 0 Å². The maximum atomic E-state index is 12.7. The summed E-state index contributed by atoms with van der Waals surface area (Å²) < 4.78 is 54.2. The van der Waals surface area contributed by atoms with Crippen LogP contribution >= 0.6 is 15.9 Å².